The second-order valence-corrected chi connectivity index (χ2v) is 3.89. The van der Waals surface area contributed by atoms with E-state index in [1.807, 2.05) is 0 Å². The maximum absolute atomic E-state index is 11.3. The van der Waals surface area contributed by atoms with Gasteiger partial charge in [-0.05, 0) is 0 Å². The van der Waals surface area contributed by atoms with E-state index in [0.717, 1.165) is 5.56 Å². The molecule has 0 saturated heterocycles. The first kappa shape index (κ1) is 14.2. The number of benzene rings is 1. The fraction of sp³-hybridized carbons (Fsp3) is 0.462. The molecular weight excluding hydrogens is 234 g/mol. The second kappa shape index (κ2) is 6.14. The zero-order valence-electron chi connectivity index (χ0n) is 11.4. The largest absolute Gasteiger partial charge is 0.496 e. The van der Waals surface area contributed by atoms with Gasteiger partial charge in [0.05, 0.1) is 33.4 Å². The van der Waals surface area contributed by atoms with Gasteiger partial charge in [-0.15, -0.1) is 0 Å². The molecule has 0 fully saturated rings. The third kappa shape index (κ3) is 3.06. The molecule has 0 N–H and O–H groups in total. The Morgan fingerprint density at radius 1 is 1.11 bits per heavy atom. The molecule has 100 valence electrons. The lowest BCUT2D eigenvalue weighted by molar-refractivity contribution is -0.128. The summed E-state index contributed by atoms with van der Waals surface area (Å²) in [6, 6.07) is 3.54. The Kier molecular flexibility index (Phi) is 4.83. The van der Waals surface area contributed by atoms with Crippen LogP contribution in [0.5, 0.6) is 17.2 Å². The van der Waals surface area contributed by atoms with E-state index < -0.39 is 0 Å². The van der Waals surface area contributed by atoms with Crippen molar-refractivity contribution < 1.29 is 19.0 Å². The molecule has 0 heterocycles. The summed E-state index contributed by atoms with van der Waals surface area (Å²) in [5.74, 6) is 1.91. The van der Waals surface area contributed by atoms with Crippen molar-refractivity contribution in [2.24, 2.45) is 0 Å². The van der Waals surface area contributed by atoms with E-state index in [0.29, 0.717) is 23.8 Å². The van der Waals surface area contributed by atoms with Crippen molar-refractivity contribution >= 4 is 5.91 Å². The minimum atomic E-state index is -0.0186. The van der Waals surface area contributed by atoms with Crippen LogP contribution in [0.1, 0.15) is 12.5 Å². The average Bonchev–Trinajstić information content (AvgIpc) is 2.38. The molecular formula is C13H19NO4. The molecule has 0 saturated carbocycles. The van der Waals surface area contributed by atoms with Crippen LogP contribution in [0.15, 0.2) is 12.1 Å². The molecule has 0 aromatic heterocycles. The molecule has 0 unspecified atom stereocenters. The van der Waals surface area contributed by atoms with Gasteiger partial charge >= 0.3 is 0 Å². The van der Waals surface area contributed by atoms with Gasteiger partial charge < -0.3 is 19.1 Å². The quantitative estimate of drug-likeness (QED) is 0.801. The number of methoxy groups -OCH3 is 3. The Bertz CT molecular complexity index is 406. The van der Waals surface area contributed by atoms with Gasteiger partial charge in [-0.2, -0.15) is 0 Å². The Labute approximate surface area is 107 Å². The molecule has 0 radical (unpaired) electrons. The van der Waals surface area contributed by atoms with Crippen LogP contribution in [0.4, 0.5) is 0 Å². The van der Waals surface area contributed by atoms with Crippen molar-refractivity contribution in [1.82, 2.24) is 4.90 Å². The SMILES string of the molecule is COc1cc(OC)c(CN(C)C(C)=O)c(OC)c1. The van der Waals surface area contributed by atoms with E-state index in [4.69, 9.17) is 14.2 Å². The molecule has 0 bridgehead atoms. The van der Waals surface area contributed by atoms with Crippen LogP contribution in [0.2, 0.25) is 0 Å². The summed E-state index contributed by atoms with van der Waals surface area (Å²) >= 11 is 0. The minimum absolute atomic E-state index is 0.0186. The smallest absolute Gasteiger partial charge is 0.219 e. The Hall–Kier alpha value is -1.91. The highest BCUT2D eigenvalue weighted by molar-refractivity contribution is 5.73. The molecule has 5 heteroatoms. The van der Waals surface area contributed by atoms with Crippen molar-refractivity contribution in [2.45, 2.75) is 13.5 Å². The van der Waals surface area contributed by atoms with Gasteiger partial charge in [0.1, 0.15) is 17.2 Å². The van der Waals surface area contributed by atoms with Crippen molar-refractivity contribution in [2.75, 3.05) is 28.4 Å². The standard InChI is InChI=1S/C13H19NO4/c1-9(15)14(2)8-11-12(17-4)6-10(16-3)7-13(11)18-5/h6-7H,8H2,1-5H3. The number of ether oxygens (including phenoxy) is 3. The Morgan fingerprint density at radius 3 is 1.94 bits per heavy atom. The highest BCUT2D eigenvalue weighted by Crippen LogP contribution is 2.34. The summed E-state index contributed by atoms with van der Waals surface area (Å²) < 4.78 is 15.8. The normalized spacial score (nSPS) is 9.83. The van der Waals surface area contributed by atoms with Crippen LogP contribution in [0.25, 0.3) is 0 Å². The van der Waals surface area contributed by atoms with E-state index in [1.165, 1.54) is 6.92 Å². The van der Waals surface area contributed by atoms with Crippen LogP contribution in [-0.2, 0) is 11.3 Å². The molecule has 1 rings (SSSR count). The summed E-state index contributed by atoms with van der Waals surface area (Å²) in [6.07, 6.45) is 0. The number of hydrogen-bond donors (Lipinski definition) is 0. The van der Waals surface area contributed by atoms with Crippen LogP contribution >= 0.6 is 0 Å². The fourth-order valence-corrected chi connectivity index (χ4v) is 1.58. The fourth-order valence-electron chi connectivity index (χ4n) is 1.58. The lowest BCUT2D eigenvalue weighted by Crippen LogP contribution is -2.23. The van der Waals surface area contributed by atoms with Crippen molar-refractivity contribution in [3.05, 3.63) is 17.7 Å². The zero-order valence-corrected chi connectivity index (χ0v) is 11.4. The number of hydrogen-bond acceptors (Lipinski definition) is 4. The summed E-state index contributed by atoms with van der Waals surface area (Å²) in [5, 5.41) is 0. The van der Waals surface area contributed by atoms with Gasteiger partial charge in [0.2, 0.25) is 5.91 Å². The van der Waals surface area contributed by atoms with E-state index in [1.54, 1.807) is 45.4 Å². The van der Waals surface area contributed by atoms with E-state index in [2.05, 4.69) is 0 Å². The molecule has 0 atom stereocenters. The molecule has 1 amide bonds. The lowest BCUT2D eigenvalue weighted by atomic mass is 10.1. The zero-order chi connectivity index (χ0) is 13.7. The van der Waals surface area contributed by atoms with Crippen LogP contribution in [0, 0.1) is 0 Å². The van der Waals surface area contributed by atoms with E-state index >= 15 is 0 Å². The maximum Gasteiger partial charge on any atom is 0.219 e. The first-order valence-corrected chi connectivity index (χ1v) is 5.54. The highest BCUT2D eigenvalue weighted by Gasteiger charge is 2.16. The molecule has 0 aliphatic rings. The number of nitrogens with zero attached hydrogens (tertiary/aromatic N) is 1. The van der Waals surface area contributed by atoms with Gasteiger partial charge in [0.15, 0.2) is 0 Å². The summed E-state index contributed by atoms with van der Waals surface area (Å²) in [4.78, 5) is 12.9. The number of carbonyl (C=O) groups is 1. The number of carbonyl (C=O) groups excluding carboxylic acids is 1. The third-order valence-corrected chi connectivity index (χ3v) is 2.75. The lowest BCUT2D eigenvalue weighted by Gasteiger charge is -2.20. The molecule has 18 heavy (non-hydrogen) atoms. The molecule has 5 nitrogen and oxygen atoms in total. The van der Waals surface area contributed by atoms with Gasteiger partial charge in [-0.1, -0.05) is 0 Å². The monoisotopic (exact) mass is 253 g/mol. The Morgan fingerprint density at radius 2 is 1.61 bits per heavy atom. The third-order valence-electron chi connectivity index (χ3n) is 2.75. The predicted molar refractivity (Wildman–Crippen MR) is 68.2 cm³/mol. The second-order valence-electron chi connectivity index (χ2n) is 3.89. The number of amides is 1. The molecule has 1 aromatic carbocycles. The average molecular weight is 253 g/mol. The summed E-state index contributed by atoms with van der Waals surface area (Å²) in [7, 11) is 6.46. The van der Waals surface area contributed by atoms with Crippen molar-refractivity contribution in [3.8, 4) is 17.2 Å². The molecule has 0 aliphatic carbocycles. The van der Waals surface area contributed by atoms with E-state index in [9.17, 15) is 4.79 Å². The van der Waals surface area contributed by atoms with Crippen molar-refractivity contribution in [3.63, 3.8) is 0 Å². The van der Waals surface area contributed by atoms with Gasteiger partial charge in [0, 0.05) is 26.1 Å². The minimum Gasteiger partial charge on any atom is -0.496 e. The first-order valence-electron chi connectivity index (χ1n) is 5.54. The van der Waals surface area contributed by atoms with Crippen LogP contribution < -0.4 is 14.2 Å². The summed E-state index contributed by atoms with van der Waals surface area (Å²) in [6.45, 7) is 1.94. The van der Waals surface area contributed by atoms with Crippen LogP contribution in [-0.4, -0.2) is 39.2 Å². The highest BCUT2D eigenvalue weighted by atomic mass is 16.5. The first-order chi connectivity index (χ1) is 8.53. The van der Waals surface area contributed by atoms with Gasteiger partial charge in [-0.25, -0.2) is 0 Å². The summed E-state index contributed by atoms with van der Waals surface area (Å²) in [5.41, 5.74) is 0.818. The van der Waals surface area contributed by atoms with E-state index in [-0.39, 0.29) is 5.91 Å². The number of rotatable bonds is 5. The molecule has 0 aliphatic heterocycles. The molecule has 1 aromatic rings. The van der Waals surface area contributed by atoms with Crippen molar-refractivity contribution in [1.29, 1.82) is 0 Å². The molecule has 0 spiro atoms. The predicted octanol–water partition coefficient (Wildman–Crippen LogP) is 1.69. The van der Waals surface area contributed by atoms with Crippen LogP contribution in [0.3, 0.4) is 0 Å². The van der Waals surface area contributed by atoms with Gasteiger partial charge in [-0.3, -0.25) is 4.79 Å². The topological polar surface area (TPSA) is 48.0 Å². The Balaban J connectivity index is 3.18. The maximum atomic E-state index is 11.3. The van der Waals surface area contributed by atoms with Gasteiger partial charge in [0.25, 0.3) is 0 Å².